The standard InChI is InChI=1S/C76H147NO5/c1-3-5-7-9-11-13-15-17-19-21-38-42-46-50-54-58-62-66-70-76(81)82-71-67-63-59-55-51-47-43-39-36-34-32-30-28-26-24-22-23-25-27-29-31-33-35-37-41-45-49-53-57-61-65-69-75(80)77-73(72-78)74(79)68-64-60-56-52-48-44-40-20-18-16-14-12-10-8-6-4-2/h13,15,19,21,73-74,78-79H,3-12,14,16-18,20,22-72H2,1-2H3,(H,77,80)/b15-13-,21-19-. The van der Waals surface area contributed by atoms with Gasteiger partial charge >= 0.3 is 5.97 Å². The van der Waals surface area contributed by atoms with Gasteiger partial charge in [0.1, 0.15) is 0 Å². The van der Waals surface area contributed by atoms with E-state index < -0.39 is 12.1 Å². The lowest BCUT2D eigenvalue weighted by molar-refractivity contribution is -0.143. The van der Waals surface area contributed by atoms with Crippen LogP contribution in [0, 0.1) is 0 Å². The predicted octanol–water partition coefficient (Wildman–Crippen LogP) is 24.5. The first-order valence-corrected chi connectivity index (χ1v) is 37.6. The van der Waals surface area contributed by atoms with Crippen molar-refractivity contribution in [3.63, 3.8) is 0 Å². The molecule has 0 aromatic rings. The highest BCUT2D eigenvalue weighted by molar-refractivity contribution is 5.76. The van der Waals surface area contributed by atoms with E-state index in [2.05, 4.69) is 43.5 Å². The quantitative estimate of drug-likeness (QED) is 0.0320. The zero-order valence-electron chi connectivity index (χ0n) is 55.8. The minimum Gasteiger partial charge on any atom is -0.466 e. The van der Waals surface area contributed by atoms with Gasteiger partial charge in [0.05, 0.1) is 25.4 Å². The Kier molecular flexibility index (Phi) is 70.4. The molecule has 6 nitrogen and oxygen atoms in total. The number of carbonyl (C=O) groups excluding carboxylic acids is 2. The van der Waals surface area contributed by atoms with Crippen molar-refractivity contribution < 1.29 is 24.5 Å². The first-order chi connectivity index (χ1) is 40.5. The number of carbonyl (C=O) groups is 2. The van der Waals surface area contributed by atoms with Crippen molar-refractivity contribution in [1.29, 1.82) is 0 Å². The molecule has 0 aromatic carbocycles. The highest BCUT2D eigenvalue weighted by atomic mass is 16.5. The highest BCUT2D eigenvalue weighted by Gasteiger charge is 2.20. The first kappa shape index (κ1) is 80.3. The summed E-state index contributed by atoms with van der Waals surface area (Å²) in [6, 6.07) is -0.538. The molecule has 486 valence electrons. The van der Waals surface area contributed by atoms with Gasteiger partial charge in [0.2, 0.25) is 5.91 Å². The van der Waals surface area contributed by atoms with Gasteiger partial charge in [-0.15, -0.1) is 0 Å². The molecule has 82 heavy (non-hydrogen) atoms. The van der Waals surface area contributed by atoms with Crippen LogP contribution in [0.4, 0.5) is 0 Å². The number of hydrogen-bond donors (Lipinski definition) is 3. The Labute approximate surface area is 513 Å². The van der Waals surface area contributed by atoms with Gasteiger partial charge in [-0.05, 0) is 57.8 Å². The van der Waals surface area contributed by atoms with Crippen LogP contribution in [0.25, 0.3) is 0 Å². The number of rotatable bonds is 71. The van der Waals surface area contributed by atoms with Gasteiger partial charge < -0.3 is 20.3 Å². The number of ether oxygens (including phenoxy) is 1. The molecule has 0 bridgehead atoms. The molecule has 0 aromatic heterocycles. The average molecular weight is 1160 g/mol. The molecule has 0 saturated carbocycles. The summed E-state index contributed by atoms with van der Waals surface area (Å²) in [7, 11) is 0. The summed E-state index contributed by atoms with van der Waals surface area (Å²) in [5.74, 6) is -0.0129. The molecule has 6 heteroatoms. The van der Waals surface area contributed by atoms with Crippen LogP contribution in [0.15, 0.2) is 24.3 Å². The van der Waals surface area contributed by atoms with Crippen LogP contribution in [0.3, 0.4) is 0 Å². The van der Waals surface area contributed by atoms with E-state index in [9.17, 15) is 19.8 Å². The normalized spacial score (nSPS) is 12.6. The van der Waals surface area contributed by atoms with E-state index in [0.717, 1.165) is 51.4 Å². The minimum atomic E-state index is -0.661. The third-order valence-corrected chi connectivity index (χ3v) is 17.8. The predicted molar refractivity (Wildman–Crippen MR) is 361 cm³/mol. The number of allylic oxidation sites excluding steroid dienone is 4. The number of esters is 1. The Bertz CT molecular complexity index is 1280. The minimum absolute atomic E-state index is 0.0142. The van der Waals surface area contributed by atoms with Gasteiger partial charge in [0.25, 0.3) is 0 Å². The monoisotopic (exact) mass is 1150 g/mol. The summed E-state index contributed by atoms with van der Waals surface area (Å²) < 4.78 is 5.51. The lowest BCUT2D eigenvalue weighted by atomic mass is 10.0. The van der Waals surface area contributed by atoms with Crippen LogP contribution in [0.5, 0.6) is 0 Å². The van der Waals surface area contributed by atoms with Crippen molar-refractivity contribution in [3.8, 4) is 0 Å². The van der Waals surface area contributed by atoms with Crippen molar-refractivity contribution >= 4 is 11.9 Å². The van der Waals surface area contributed by atoms with E-state index in [0.29, 0.717) is 25.9 Å². The van der Waals surface area contributed by atoms with Gasteiger partial charge in [-0.1, -0.05) is 378 Å². The Morgan fingerprint density at radius 3 is 0.939 bits per heavy atom. The van der Waals surface area contributed by atoms with Crippen molar-refractivity contribution in [2.45, 2.75) is 437 Å². The van der Waals surface area contributed by atoms with Gasteiger partial charge in [0.15, 0.2) is 0 Å². The molecule has 3 N–H and O–H groups in total. The van der Waals surface area contributed by atoms with Gasteiger partial charge in [0, 0.05) is 12.8 Å². The van der Waals surface area contributed by atoms with E-state index in [1.54, 1.807) is 0 Å². The molecule has 0 spiro atoms. The molecule has 0 radical (unpaired) electrons. The van der Waals surface area contributed by atoms with E-state index >= 15 is 0 Å². The first-order valence-electron chi connectivity index (χ1n) is 37.6. The summed E-state index contributed by atoms with van der Waals surface area (Å²) >= 11 is 0. The van der Waals surface area contributed by atoms with E-state index in [1.807, 2.05) is 0 Å². The van der Waals surface area contributed by atoms with E-state index in [1.165, 1.54) is 340 Å². The van der Waals surface area contributed by atoms with Crippen LogP contribution < -0.4 is 5.32 Å². The molecule has 0 saturated heterocycles. The zero-order chi connectivity index (χ0) is 59.2. The summed E-state index contributed by atoms with van der Waals surface area (Å²) in [6.07, 6.45) is 91.1. The third kappa shape index (κ3) is 67.5. The Morgan fingerprint density at radius 1 is 0.341 bits per heavy atom. The third-order valence-electron chi connectivity index (χ3n) is 17.8. The second-order valence-corrected chi connectivity index (χ2v) is 26.0. The van der Waals surface area contributed by atoms with Crippen molar-refractivity contribution in [1.82, 2.24) is 5.32 Å². The summed E-state index contributed by atoms with van der Waals surface area (Å²) in [4.78, 5) is 24.6. The number of hydrogen-bond acceptors (Lipinski definition) is 5. The fourth-order valence-electron chi connectivity index (χ4n) is 12.0. The SMILES string of the molecule is CCCCCC/C=C\C/C=C\CCCCCCCCCC(=O)OCCCCCCCCCCCCCCCCCCCCCCCCCCCCCCCCCC(=O)NC(CO)C(O)CCCCCCCCCCCCCCCCCC. The highest BCUT2D eigenvalue weighted by Crippen LogP contribution is 2.20. The fraction of sp³-hybridized carbons (Fsp3) is 0.921. The second-order valence-electron chi connectivity index (χ2n) is 26.0. The van der Waals surface area contributed by atoms with Crippen LogP contribution >= 0.6 is 0 Å². The van der Waals surface area contributed by atoms with E-state index in [-0.39, 0.29) is 18.5 Å². The lowest BCUT2D eigenvalue weighted by Crippen LogP contribution is -2.45. The Balaban J connectivity index is 3.32. The van der Waals surface area contributed by atoms with E-state index in [4.69, 9.17) is 4.74 Å². The number of aliphatic hydroxyl groups is 2. The number of amides is 1. The zero-order valence-corrected chi connectivity index (χ0v) is 55.8. The van der Waals surface area contributed by atoms with Crippen molar-refractivity contribution in [2.75, 3.05) is 13.2 Å². The number of unbranched alkanes of at least 4 members (excludes halogenated alkanes) is 56. The maximum absolute atomic E-state index is 12.5. The molecule has 1 amide bonds. The van der Waals surface area contributed by atoms with Gasteiger partial charge in [-0.2, -0.15) is 0 Å². The maximum Gasteiger partial charge on any atom is 0.305 e. The molecule has 2 atom stereocenters. The summed E-state index contributed by atoms with van der Waals surface area (Å²) in [6.45, 7) is 4.98. The molecule has 0 aliphatic heterocycles. The van der Waals surface area contributed by atoms with Crippen LogP contribution in [0.1, 0.15) is 425 Å². The molecule has 2 unspecified atom stereocenters. The fourth-order valence-corrected chi connectivity index (χ4v) is 12.0. The largest absolute Gasteiger partial charge is 0.466 e. The molecular weight excluding hydrogens is 1010 g/mol. The topological polar surface area (TPSA) is 95.9 Å². The van der Waals surface area contributed by atoms with Crippen molar-refractivity contribution in [3.05, 3.63) is 24.3 Å². The number of aliphatic hydroxyl groups excluding tert-OH is 2. The second kappa shape index (κ2) is 71.8. The lowest BCUT2D eigenvalue weighted by Gasteiger charge is -2.22. The maximum atomic E-state index is 12.5. The van der Waals surface area contributed by atoms with Gasteiger partial charge in [-0.3, -0.25) is 9.59 Å². The Hall–Kier alpha value is -1.66. The molecular formula is C76H147NO5. The molecule has 0 rings (SSSR count). The van der Waals surface area contributed by atoms with Crippen LogP contribution in [-0.4, -0.2) is 47.4 Å². The molecule has 0 heterocycles. The summed E-state index contributed by atoms with van der Waals surface area (Å²) in [5, 5.41) is 23.4. The average Bonchev–Trinajstić information content (AvgIpc) is 3.48. The van der Waals surface area contributed by atoms with Gasteiger partial charge in [-0.25, -0.2) is 0 Å². The molecule has 0 aliphatic rings. The summed E-state index contributed by atoms with van der Waals surface area (Å²) in [5.41, 5.74) is 0. The van der Waals surface area contributed by atoms with Crippen LogP contribution in [-0.2, 0) is 14.3 Å². The Morgan fingerprint density at radius 2 is 0.610 bits per heavy atom. The molecule has 0 fully saturated rings. The molecule has 0 aliphatic carbocycles. The van der Waals surface area contributed by atoms with Crippen LogP contribution in [0.2, 0.25) is 0 Å². The smallest absolute Gasteiger partial charge is 0.305 e. The number of nitrogens with one attached hydrogen (secondary N) is 1. The van der Waals surface area contributed by atoms with Crippen molar-refractivity contribution in [2.24, 2.45) is 0 Å².